The molecule has 2 N–H and O–H groups in total. The Balaban J connectivity index is 1.97. The smallest absolute Gasteiger partial charge is 0.310 e. The first-order chi connectivity index (χ1) is 11.0. The Kier molecular flexibility index (Phi) is 5.97. The molecule has 0 spiro atoms. The van der Waals surface area contributed by atoms with Crippen LogP contribution in [0.1, 0.15) is 37.1 Å². The zero-order valence-corrected chi connectivity index (χ0v) is 14.9. The molecule has 4 heteroatoms. The van der Waals surface area contributed by atoms with E-state index in [0.717, 1.165) is 0 Å². The van der Waals surface area contributed by atoms with Gasteiger partial charge in [-0.15, -0.1) is 11.3 Å². The Morgan fingerprint density at radius 3 is 2.35 bits per heavy atom. The summed E-state index contributed by atoms with van der Waals surface area (Å²) in [5, 5.41) is 12.8. The number of benzene rings is 1. The summed E-state index contributed by atoms with van der Waals surface area (Å²) >= 11 is 1.76. The fraction of sp³-hybridized carbons (Fsp3) is 0.421. The number of carboxylic acids is 1. The second-order valence-corrected chi connectivity index (χ2v) is 7.20. The number of thiophene rings is 1. The molecule has 0 radical (unpaired) electrons. The molecule has 1 aromatic heterocycles. The highest BCUT2D eigenvalue weighted by atomic mass is 32.1. The van der Waals surface area contributed by atoms with Crippen molar-refractivity contribution < 1.29 is 9.90 Å². The van der Waals surface area contributed by atoms with Crippen molar-refractivity contribution in [3.8, 4) is 10.4 Å². The van der Waals surface area contributed by atoms with Crippen molar-refractivity contribution >= 4 is 17.3 Å². The van der Waals surface area contributed by atoms with Gasteiger partial charge in [-0.2, -0.15) is 0 Å². The molecule has 2 rings (SSSR count). The lowest BCUT2D eigenvalue weighted by Gasteiger charge is -2.26. The summed E-state index contributed by atoms with van der Waals surface area (Å²) in [4.78, 5) is 14.0. The van der Waals surface area contributed by atoms with Crippen LogP contribution in [0.2, 0.25) is 0 Å². The molecule has 0 saturated heterocycles. The molecule has 0 atom stereocenters. The van der Waals surface area contributed by atoms with E-state index in [4.69, 9.17) is 0 Å². The molecule has 1 heterocycles. The van der Waals surface area contributed by atoms with E-state index in [2.05, 4.69) is 48.6 Å². The third-order valence-corrected chi connectivity index (χ3v) is 5.70. The fourth-order valence-electron chi connectivity index (χ4n) is 2.65. The third-order valence-electron chi connectivity index (χ3n) is 4.57. The molecule has 0 saturated carbocycles. The fourth-order valence-corrected chi connectivity index (χ4v) is 3.63. The maximum absolute atomic E-state index is 11.5. The average Bonchev–Trinajstić information content (AvgIpc) is 3.01. The van der Waals surface area contributed by atoms with Crippen molar-refractivity contribution in [2.45, 2.75) is 40.2 Å². The minimum atomic E-state index is -0.707. The molecule has 0 aliphatic carbocycles. The van der Waals surface area contributed by atoms with Gasteiger partial charge in [-0.25, -0.2) is 0 Å². The molecular formula is C19H25NO2S. The van der Waals surface area contributed by atoms with Gasteiger partial charge in [0.25, 0.3) is 0 Å². The first-order valence-electron chi connectivity index (χ1n) is 8.10. The van der Waals surface area contributed by atoms with Gasteiger partial charge >= 0.3 is 5.97 Å². The summed E-state index contributed by atoms with van der Waals surface area (Å²) in [6.45, 7) is 7.20. The van der Waals surface area contributed by atoms with Crippen molar-refractivity contribution in [3.05, 3.63) is 46.8 Å². The molecular weight excluding hydrogens is 306 g/mol. The van der Waals surface area contributed by atoms with E-state index in [-0.39, 0.29) is 0 Å². The summed E-state index contributed by atoms with van der Waals surface area (Å²) in [5.41, 5.74) is 1.84. The van der Waals surface area contributed by atoms with Crippen LogP contribution in [0.5, 0.6) is 0 Å². The first-order valence-corrected chi connectivity index (χ1v) is 8.92. The first kappa shape index (κ1) is 17.7. The Morgan fingerprint density at radius 2 is 1.78 bits per heavy atom. The number of hydrogen-bond acceptors (Lipinski definition) is 3. The molecule has 0 aliphatic rings. The van der Waals surface area contributed by atoms with Crippen molar-refractivity contribution in [2.75, 3.05) is 6.54 Å². The molecule has 0 fully saturated rings. The summed E-state index contributed by atoms with van der Waals surface area (Å²) in [6, 6.07) is 12.8. The van der Waals surface area contributed by atoms with Gasteiger partial charge in [0.1, 0.15) is 0 Å². The Hall–Kier alpha value is -1.65. The molecule has 0 unspecified atom stereocenters. The number of aryl methyl sites for hydroxylation is 1. The van der Waals surface area contributed by atoms with Crippen LogP contribution in [-0.2, 0) is 11.3 Å². The van der Waals surface area contributed by atoms with Crippen LogP contribution in [0.15, 0.2) is 36.4 Å². The van der Waals surface area contributed by atoms with Gasteiger partial charge in [-0.1, -0.05) is 43.7 Å². The lowest BCUT2D eigenvalue weighted by Crippen LogP contribution is -2.39. The summed E-state index contributed by atoms with van der Waals surface area (Å²) in [5.74, 6) is -0.707. The molecule has 124 valence electrons. The zero-order chi connectivity index (χ0) is 16.9. The Morgan fingerprint density at radius 1 is 1.13 bits per heavy atom. The Labute approximate surface area is 142 Å². The van der Waals surface area contributed by atoms with Crippen molar-refractivity contribution in [3.63, 3.8) is 0 Å². The minimum Gasteiger partial charge on any atom is -0.481 e. The average molecular weight is 331 g/mol. The van der Waals surface area contributed by atoms with Crippen LogP contribution in [0.3, 0.4) is 0 Å². The predicted molar refractivity (Wildman–Crippen MR) is 96.8 cm³/mol. The number of rotatable bonds is 8. The van der Waals surface area contributed by atoms with Crippen molar-refractivity contribution in [2.24, 2.45) is 5.41 Å². The normalized spacial score (nSPS) is 11.6. The maximum Gasteiger partial charge on any atom is 0.310 e. The van der Waals surface area contributed by atoms with E-state index >= 15 is 0 Å². The van der Waals surface area contributed by atoms with E-state index in [9.17, 15) is 9.90 Å². The van der Waals surface area contributed by atoms with Crippen LogP contribution in [0.4, 0.5) is 0 Å². The van der Waals surface area contributed by atoms with Gasteiger partial charge in [0, 0.05) is 22.8 Å². The van der Waals surface area contributed by atoms with Gasteiger partial charge in [0.2, 0.25) is 0 Å². The Bertz CT molecular complexity index is 642. The highest BCUT2D eigenvalue weighted by molar-refractivity contribution is 7.15. The number of hydrogen-bond donors (Lipinski definition) is 2. The van der Waals surface area contributed by atoms with Crippen molar-refractivity contribution in [1.29, 1.82) is 0 Å². The third kappa shape index (κ3) is 4.21. The number of aliphatic carboxylic acids is 1. The van der Waals surface area contributed by atoms with E-state index in [0.29, 0.717) is 25.9 Å². The number of nitrogens with one attached hydrogen (secondary N) is 1. The van der Waals surface area contributed by atoms with Gasteiger partial charge in [-0.3, -0.25) is 4.79 Å². The van der Waals surface area contributed by atoms with Crippen LogP contribution in [0, 0.1) is 12.3 Å². The van der Waals surface area contributed by atoms with Gasteiger partial charge in [0.15, 0.2) is 0 Å². The monoisotopic (exact) mass is 331 g/mol. The van der Waals surface area contributed by atoms with Gasteiger partial charge in [0.05, 0.1) is 5.41 Å². The summed E-state index contributed by atoms with van der Waals surface area (Å²) in [6.07, 6.45) is 1.29. The van der Waals surface area contributed by atoms with E-state index < -0.39 is 11.4 Å². The largest absolute Gasteiger partial charge is 0.481 e. The highest BCUT2D eigenvalue weighted by Crippen LogP contribution is 2.29. The lowest BCUT2D eigenvalue weighted by molar-refractivity contribution is -0.149. The quantitative estimate of drug-likeness (QED) is 0.737. The van der Waals surface area contributed by atoms with Gasteiger partial charge < -0.3 is 10.4 Å². The highest BCUT2D eigenvalue weighted by Gasteiger charge is 2.34. The summed E-state index contributed by atoms with van der Waals surface area (Å²) in [7, 11) is 0. The second-order valence-electron chi connectivity index (χ2n) is 6.03. The molecule has 2 aromatic rings. The topological polar surface area (TPSA) is 49.3 Å². The lowest BCUT2D eigenvalue weighted by atomic mass is 9.82. The maximum atomic E-state index is 11.5. The standard InChI is InChI=1S/C19H25NO2S/c1-4-19(5-2,18(21)22)13-20-12-16-10-11-17(23-16)15-8-6-14(3)7-9-15/h6-11,20H,4-5,12-13H2,1-3H3,(H,21,22). The molecule has 0 aliphatic heterocycles. The molecule has 0 bridgehead atoms. The van der Waals surface area contributed by atoms with Crippen molar-refractivity contribution in [1.82, 2.24) is 5.32 Å². The van der Waals surface area contributed by atoms with Crippen LogP contribution >= 0.6 is 11.3 Å². The SMILES string of the molecule is CCC(CC)(CNCc1ccc(-c2ccc(C)cc2)s1)C(=O)O. The molecule has 23 heavy (non-hydrogen) atoms. The van der Waals surface area contributed by atoms with Crippen LogP contribution < -0.4 is 5.32 Å². The molecule has 3 nitrogen and oxygen atoms in total. The number of carboxylic acid groups (broad SMARTS) is 1. The number of carbonyl (C=O) groups is 1. The van der Waals surface area contributed by atoms with Crippen LogP contribution in [-0.4, -0.2) is 17.6 Å². The van der Waals surface area contributed by atoms with E-state index in [1.165, 1.54) is 20.9 Å². The minimum absolute atomic E-state index is 0.507. The van der Waals surface area contributed by atoms with E-state index in [1.807, 2.05) is 13.8 Å². The zero-order valence-electron chi connectivity index (χ0n) is 14.1. The molecule has 1 aromatic carbocycles. The molecule has 0 amide bonds. The second kappa shape index (κ2) is 7.75. The van der Waals surface area contributed by atoms with E-state index in [1.54, 1.807) is 11.3 Å². The van der Waals surface area contributed by atoms with Gasteiger partial charge in [-0.05, 0) is 37.5 Å². The van der Waals surface area contributed by atoms with Crippen LogP contribution in [0.25, 0.3) is 10.4 Å². The predicted octanol–water partition coefficient (Wildman–Crippen LogP) is 4.70. The summed E-state index contributed by atoms with van der Waals surface area (Å²) < 4.78 is 0.